The summed E-state index contributed by atoms with van der Waals surface area (Å²) in [6.45, 7) is 0. The van der Waals surface area contributed by atoms with Crippen LogP contribution in [0.25, 0.3) is 0 Å². The highest BCUT2D eigenvalue weighted by Crippen LogP contribution is 2.26. The molecule has 0 saturated heterocycles. The first-order valence-electron chi connectivity index (χ1n) is 5.76. The maximum absolute atomic E-state index is 11.6. The fourth-order valence-electron chi connectivity index (χ4n) is 2.25. The van der Waals surface area contributed by atoms with Crippen molar-refractivity contribution < 1.29 is 15.0 Å². The molecule has 1 aromatic rings. The molecule has 1 aliphatic carbocycles. The lowest BCUT2D eigenvalue weighted by molar-refractivity contribution is 0.0691. The Kier molecular flexibility index (Phi) is 3.33. The van der Waals surface area contributed by atoms with E-state index in [2.05, 4.69) is 0 Å². The zero-order chi connectivity index (χ0) is 13.3. The Labute approximate surface area is 102 Å². The fraction of sp³-hybridized carbons (Fsp3) is 0.545. The van der Waals surface area contributed by atoms with E-state index < -0.39 is 22.8 Å². The lowest BCUT2D eigenvalue weighted by atomic mass is 9.93. The molecule has 1 fully saturated rings. The quantitative estimate of drug-likeness (QED) is 0.671. The van der Waals surface area contributed by atoms with Gasteiger partial charge >= 0.3 is 11.7 Å². The van der Waals surface area contributed by atoms with E-state index in [-0.39, 0.29) is 12.1 Å². The largest absolute Gasteiger partial charge is 0.477 e. The third-order valence-electron chi connectivity index (χ3n) is 3.26. The lowest BCUT2D eigenvalue weighted by Gasteiger charge is -2.26. The number of carboxylic acids is 1. The average Bonchev–Trinajstić information content (AvgIpc) is 2.30. The van der Waals surface area contributed by atoms with Crippen LogP contribution in [-0.4, -0.2) is 31.8 Å². The first kappa shape index (κ1) is 12.6. The molecule has 1 aliphatic rings. The van der Waals surface area contributed by atoms with Gasteiger partial charge in [-0.1, -0.05) is 0 Å². The highest BCUT2D eigenvalue weighted by atomic mass is 16.4. The van der Waals surface area contributed by atoms with E-state index in [4.69, 9.17) is 5.11 Å². The summed E-state index contributed by atoms with van der Waals surface area (Å²) in [5, 5.41) is 18.2. The van der Waals surface area contributed by atoms with Crippen LogP contribution in [0.15, 0.2) is 15.8 Å². The van der Waals surface area contributed by atoms with Crippen LogP contribution in [0, 0.1) is 0 Å². The minimum atomic E-state index is -1.36. The van der Waals surface area contributed by atoms with Gasteiger partial charge in [-0.05, 0) is 25.7 Å². The molecule has 0 aromatic carbocycles. The number of rotatable bonds is 2. The first-order valence-corrected chi connectivity index (χ1v) is 5.76. The summed E-state index contributed by atoms with van der Waals surface area (Å²) in [5.74, 6) is -1.36. The standard InChI is InChI=1S/C11H14N2O5/c14-7-3-1-6(2-4-7)13-5-8(10(16)17)9(15)12-11(13)18/h5-7,14H,1-4H2,(H,16,17)(H,12,15,18). The molecule has 0 aliphatic heterocycles. The number of hydrogen-bond donors (Lipinski definition) is 3. The minimum Gasteiger partial charge on any atom is -0.477 e. The Morgan fingerprint density at radius 2 is 1.89 bits per heavy atom. The maximum atomic E-state index is 11.6. The van der Waals surface area contributed by atoms with Crippen molar-refractivity contribution >= 4 is 5.97 Å². The fourth-order valence-corrected chi connectivity index (χ4v) is 2.25. The number of carboxylic acid groups (broad SMARTS) is 1. The number of aliphatic hydroxyl groups excluding tert-OH is 1. The third-order valence-corrected chi connectivity index (χ3v) is 3.26. The van der Waals surface area contributed by atoms with Gasteiger partial charge in [-0.25, -0.2) is 9.59 Å². The molecule has 0 radical (unpaired) electrons. The van der Waals surface area contributed by atoms with Gasteiger partial charge in [0.25, 0.3) is 5.56 Å². The van der Waals surface area contributed by atoms with E-state index in [1.165, 1.54) is 4.57 Å². The van der Waals surface area contributed by atoms with Crippen molar-refractivity contribution in [1.29, 1.82) is 0 Å². The number of hydrogen-bond acceptors (Lipinski definition) is 4. The normalized spacial score (nSPS) is 23.8. The molecule has 0 amide bonds. The summed E-state index contributed by atoms with van der Waals surface area (Å²) >= 11 is 0. The average molecular weight is 254 g/mol. The van der Waals surface area contributed by atoms with Gasteiger partial charge < -0.3 is 10.2 Å². The molecule has 0 atom stereocenters. The lowest BCUT2D eigenvalue weighted by Crippen LogP contribution is -2.36. The molecule has 7 heteroatoms. The second-order valence-corrected chi connectivity index (χ2v) is 4.48. The van der Waals surface area contributed by atoms with E-state index in [1.54, 1.807) is 0 Å². The monoisotopic (exact) mass is 254 g/mol. The van der Waals surface area contributed by atoms with Gasteiger partial charge in [-0.15, -0.1) is 0 Å². The molecule has 0 bridgehead atoms. The van der Waals surface area contributed by atoms with Crippen LogP contribution in [-0.2, 0) is 0 Å². The molecule has 7 nitrogen and oxygen atoms in total. The molecule has 1 saturated carbocycles. The molecule has 0 spiro atoms. The number of aromatic carboxylic acids is 1. The minimum absolute atomic E-state index is 0.171. The number of aliphatic hydroxyl groups is 1. The summed E-state index contributed by atoms with van der Waals surface area (Å²) < 4.78 is 1.25. The van der Waals surface area contributed by atoms with E-state index in [0.29, 0.717) is 25.7 Å². The van der Waals surface area contributed by atoms with Gasteiger partial charge in [-0.3, -0.25) is 14.3 Å². The van der Waals surface area contributed by atoms with Gasteiger partial charge in [0.2, 0.25) is 0 Å². The van der Waals surface area contributed by atoms with Crippen molar-refractivity contribution in [1.82, 2.24) is 9.55 Å². The summed E-state index contributed by atoms with van der Waals surface area (Å²) in [6, 6.07) is -0.171. The Balaban J connectivity index is 2.39. The van der Waals surface area contributed by atoms with Gasteiger partial charge in [0.05, 0.1) is 6.10 Å². The highest BCUT2D eigenvalue weighted by Gasteiger charge is 2.23. The number of carbonyl (C=O) groups is 1. The predicted octanol–water partition coefficient (Wildman–Crippen LogP) is -0.289. The second kappa shape index (κ2) is 4.77. The SMILES string of the molecule is O=C(O)c1cn(C2CCC(O)CC2)c(=O)[nH]c1=O. The van der Waals surface area contributed by atoms with E-state index >= 15 is 0 Å². The van der Waals surface area contributed by atoms with Gasteiger partial charge in [0.1, 0.15) is 5.56 Å². The molecule has 1 heterocycles. The molecule has 18 heavy (non-hydrogen) atoms. The zero-order valence-corrected chi connectivity index (χ0v) is 9.63. The number of nitrogens with one attached hydrogen (secondary N) is 1. The summed E-state index contributed by atoms with van der Waals surface area (Å²) in [5.41, 5.74) is -1.94. The second-order valence-electron chi connectivity index (χ2n) is 4.48. The van der Waals surface area contributed by atoms with Gasteiger partial charge in [0, 0.05) is 12.2 Å². The Morgan fingerprint density at radius 3 is 2.44 bits per heavy atom. The third kappa shape index (κ3) is 2.35. The summed E-state index contributed by atoms with van der Waals surface area (Å²) in [7, 11) is 0. The van der Waals surface area contributed by atoms with Crippen LogP contribution in [0.2, 0.25) is 0 Å². The van der Waals surface area contributed by atoms with Crippen LogP contribution in [0.5, 0.6) is 0 Å². The smallest absolute Gasteiger partial charge is 0.342 e. The number of aromatic amines is 1. The highest BCUT2D eigenvalue weighted by molar-refractivity contribution is 5.86. The molecule has 2 rings (SSSR count). The van der Waals surface area contributed by atoms with Crippen molar-refractivity contribution in [2.24, 2.45) is 0 Å². The zero-order valence-electron chi connectivity index (χ0n) is 9.63. The Bertz CT molecular complexity index is 566. The predicted molar refractivity (Wildman–Crippen MR) is 61.8 cm³/mol. The molecular formula is C11H14N2O5. The van der Waals surface area contributed by atoms with Crippen LogP contribution in [0.1, 0.15) is 42.1 Å². The molecular weight excluding hydrogens is 240 g/mol. The van der Waals surface area contributed by atoms with Crippen LogP contribution in [0.4, 0.5) is 0 Å². The van der Waals surface area contributed by atoms with Gasteiger partial charge in [0.15, 0.2) is 0 Å². The van der Waals surface area contributed by atoms with E-state index in [1.807, 2.05) is 4.98 Å². The molecule has 98 valence electrons. The Hall–Kier alpha value is -1.89. The number of H-pyrrole nitrogens is 1. The summed E-state index contributed by atoms with van der Waals surface area (Å²) in [4.78, 5) is 35.8. The van der Waals surface area contributed by atoms with E-state index in [9.17, 15) is 19.5 Å². The number of nitrogens with zero attached hydrogens (tertiary/aromatic N) is 1. The van der Waals surface area contributed by atoms with Crippen LogP contribution < -0.4 is 11.2 Å². The molecule has 3 N–H and O–H groups in total. The Morgan fingerprint density at radius 1 is 1.28 bits per heavy atom. The van der Waals surface area contributed by atoms with Crippen molar-refractivity contribution in [2.75, 3.05) is 0 Å². The summed E-state index contributed by atoms with van der Waals surface area (Å²) in [6.07, 6.45) is 3.04. The topological polar surface area (TPSA) is 112 Å². The molecule has 1 aromatic heterocycles. The van der Waals surface area contributed by atoms with E-state index in [0.717, 1.165) is 6.20 Å². The van der Waals surface area contributed by atoms with Crippen LogP contribution in [0.3, 0.4) is 0 Å². The first-order chi connectivity index (χ1) is 8.49. The van der Waals surface area contributed by atoms with Crippen molar-refractivity contribution in [2.45, 2.75) is 37.8 Å². The molecule has 0 unspecified atom stereocenters. The van der Waals surface area contributed by atoms with Crippen LogP contribution >= 0.6 is 0 Å². The van der Waals surface area contributed by atoms with Crippen molar-refractivity contribution in [3.05, 3.63) is 32.6 Å². The number of aromatic nitrogens is 2. The van der Waals surface area contributed by atoms with Gasteiger partial charge in [-0.2, -0.15) is 0 Å². The van der Waals surface area contributed by atoms with Crippen molar-refractivity contribution in [3.8, 4) is 0 Å². The maximum Gasteiger partial charge on any atom is 0.342 e. The van der Waals surface area contributed by atoms with Crippen molar-refractivity contribution in [3.63, 3.8) is 0 Å².